The lowest BCUT2D eigenvalue weighted by atomic mass is 9.80. The van der Waals surface area contributed by atoms with Gasteiger partial charge in [-0.3, -0.25) is 0 Å². The van der Waals surface area contributed by atoms with Crippen LogP contribution in [-0.2, 0) is 9.84 Å². The van der Waals surface area contributed by atoms with Crippen LogP contribution in [0.1, 0.15) is 59.8 Å². The van der Waals surface area contributed by atoms with E-state index in [0.29, 0.717) is 12.5 Å². The summed E-state index contributed by atoms with van der Waals surface area (Å²) in [6.45, 7) is 8.53. The third kappa shape index (κ3) is 3.94. The molecule has 1 aliphatic carbocycles. The molecule has 1 fully saturated rings. The monoisotopic (exact) mass is 289 g/mol. The third-order valence-corrected chi connectivity index (χ3v) is 7.92. The van der Waals surface area contributed by atoms with E-state index in [-0.39, 0.29) is 22.3 Å². The average Bonchev–Trinajstić information content (AvgIpc) is 2.38. The van der Waals surface area contributed by atoms with E-state index in [1.165, 1.54) is 0 Å². The van der Waals surface area contributed by atoms with Crippen molar-refractivity contribution in [2.24, 2.45) is 23.5 Å². The van der Waals surface area contributed by atoms with Gasteiger partial charge in [0.1, 0.15) is 0 Å². The minimum Gasteiger partial charge on any atom is -0.330 e. The van der Waals surface area contributed by atoms with Crippen molar-refractivity contribution in [3.63, 3.8) is 0 Å². The maximum absolute atomic E-state index is 12.8. The highest BCUT2D eigenvalue weighted by molar-refractivity contribution is 7.92. The van der Waals surface area contributed by atoms with Crippen LogP contribution < -0.4 is 5.73 Å². The second-order valence-corrected chi connectivity index (χ2v) is 9.07. The van der Waals surface area contributed by atoms with Gasteiger partial charge in [0.05, 0.1) is 10.5 Å². The lowest BCUT2D eigenvalue weighted by Crippen LogP contribution is -2.44. The highest BCUT2D eigenvalue weighted by atomic mass is 32.2. The van der Waals surface area contributed by atoms with Gasteiger partial charge in [-0.15, -0.1) is 0 Å². The van der Waals surface area contributed by atoms with Crippen LogP contribution in [-0.4, -0.2) is 25.5 Å². The smallest absolute Gasteiger partial charge is 0.156 e. The van der Waals surface area contributed by atoms with Gasteiger partial charge < -0.3 is 5.73 Å². The van der Waals surface area contributed by atoms with Gasteiger partial charge in [-0.1, -0.05) is 40.0 Å². The lowest BCUT2D eigenvalue weighted by Gasteiger charge is -2.37. The Hall–Kier alpha value is -0.0900. The molecule has 0 saturated heterocycles. The van der Waals surface area contributed by atoms with Crippen molar-refractivity contribution in [2.45, 2.75) is 70.3 Å². The third-order valence-electron chi connectivity index (χ3n) is 4.92. The molecule has 0 aromatic carbocycles. The van der Waals surface area contributed by atoms with Crippen LogP contribution in [0.25, 0.3) is 0 Å². The molecule has 114 valence electrons. The van der Waals surface area contributed by atoms with Crippen molar-refractivity contribution in [1.29, 1.82) is 0 Å². The molecule has 19 heavy (non-hydrogen) atoms. The van der Waals surface area contributed by atoms with E-state index >= 15 is 0 Å². The van der Waals surface area contributed by atoms with Crippen molar-refractivity contribution in [3.8, 4) is 0 Å². The zero-order valence-corrected chi connectivity index (χ0v) is 13.7. The van der Waals surface area contributed by atoms with Crippen molar-refractivity contribution >= 4 is 9.84 Å². The molecule has 0 aromatic rings. The standard InChI is InChI=1S/C15H31NO2S/c1-5-6-13-7-8-14(10-16)15(9-13)19(17,18)12(4)11(2)3/h11-15H,5-10,16H2,1-4H3. The first-order valence-corrected chi connectivity index (χ1v) is 9.38. The number of hydrogen-bond donors (Lipinski definition) is 1. The van der Waals surface area contributed by atoms with E-state index in [2.05, 4.69) is 6.92 Å². The first-order chi connectivity index (χ1) is 8.84. The van der Waals surface area contributed by atoms with Crippen LogP contribution in [0.5, 0.6) is 0 Å². The molecule has 4 heteroatoms. The van der Waals surface area contributed by atoms with E-state index in [1.54, 1.807) is 0 Å². The Morgan fingerprint density at radius 2 is 1.84 bits per heavy atom. The van der Waals surface area contributed by atoms with Gasteiger partial charge in [0.25, 0.3) is 0 Å². The fourth-order valence-electron chi connectivity index (χ4n) is 3.27. The second-order valence-electron chi connectivity index (χ2n) is 6.54. The Kier molecular flexibility index (Phi) is 6.31. The average molecular weight is 289 g/mol. The molecular formula is C15H31NO2S. The molecule has 0 heterocycles. The molecule has 2 N–H and O–H groups in total. The first-order valence-electron chi connectivity index (χ1n) is 7.77. The number of hydrogen-bond acceptors (Lipinski definition) is 3. The van der Waals surface area contributed by atoms with Gasteiger partial charge in [-0.05, 0) is 44.1 Å². The Morgan fingerprint density at radius 3 is 2.32 bits per heavy atom. The summed E-state index contributed by atoms with van der Waals surface area (Å²) in [5.74, 6) is 0.918. The van der Waals surface area contributed by atoms with Crippen molar-refractivity contribution in [1.82, 2.24) is 0 Å². The number of rotatable bonds is 6. The van der Waals surface area contributed by atoms with Crippen molar-refractivity contribution in [2.75, 3.05) is 6.54 Å². The summed E-state index contributed by atoms with van der Waals surface area (Å²) in [5.41, 5.74) is 5.82. The Morgan fingerprint density at radius 1 is 1.21 bits per heavy atom. The van der Waals surface area contributed by atoms with Crippen LogP contribution in [0, 0.1) is 17.8 Å². The van der Waals surface area contributed by atoms with Gasteiger partial charge in [-0.2, -0.15) is 0 Å². The van der Waals surface area contributed by atoms with Crippen molar-refractivity contribution < 1.29 is 8.42 Å². The molecular weight excluding hydrogens is 258 g/mol. The van der Waals surface area contributed by atoms with Crippen LogP contribution in [0.15, 0.2) is 0 Å². The molecule has 1 rings (SSSR count). The highest BCUT2D eigenvalue weighted by Crippen LogP contribution is 2.37. The largest absolute Gasteiger partial charge is 0.330 e. The minimum absolute atomic E-state index is 0.166. The van der Waals surface area contributed by atoms with E-state index < -0.39 is 9.84 Å². The summed E-state index contributed by atoms with van der Waals surface area (Å²) >= 11 is 0. The lowest BCUT2D eigenvalue weighted by molar-refractivity contribution is 0.266. The van der Waals surface area contributed by atoms with Crippen LogP contribution in [0.4, 0.5) is 0 Å². The van der Waals surface area contributed by atoms with Gasteiger partial charge in [0.15, 0.2) is 9.84 Å². The molecule has 3 nitrogen and oxygen atoms in total. The first kappa shape index (κ1) is 17.0. The summed E-state index contributed by atoms with van der Waals surface area (Å²) in [4.78, 5) is 0. The Labute approximate surface area is 119 Å². The molecule has 4 unspecified atom stereocenters. The summed E-state index contributed by atoms with van der Waals surface area (Å²) in [6.07, 6.45) is 5.26. The van der Waals surface area contributed by atoms with Crippen LogP contribution in [0.2, 0.25) is 0 Å². The molecule has 1 aliphatic rings. The van der Waals surface area contributed by atoms with Gasteiger partial charge >= 0.3 is 0 Å². The number of nitrogens with two attached hydrogens (primary N) is 1. The van der Waals surface area contributed by atoms with Gasteiger partial charge in [0.2, 0.25) is 0 Å². The molecule has 0 bridgehead atoms. The van der Waals surface area contributed by atoms with Crippen LogP contribution >= 0.6 is 0 Å². The second kappa shape index (κ2) is 7.07. The van der Waals surface area contributed by atoms with E-state index in [1.807, 2.05) is 20.8 Å². The number of sulfone groups is 1. The summed E-state index contributed by atoms with van der Waals surface area (Å²) in [6, 6.07) is 0. The van der Waals surface area contributed by atoms with E-state index in [4.69, 9.17) is 5.73 Å². The molecule has 0 spiro atoms. The normalized spacial score (nSPS) is 30.5. The van der Waals surface area contributed by atoms with Gasteiger partial charge in [-0.25, -0.2) is 8.42 Å². The molecule has 0 aromatic heterocycles. The predicted octanol–water partition coefficient (Wildman–Crippen LogP) is 2.99. The SMILES string of the molecule is CCCC1CCC(CN)C(S(=O)(=O)C(C)C(C)C)C1. The highest BCUT2D eigenvalue weighted by Gasteiger charge is 2.41. The summed E-state index contributed by atoms with van der Waals surface area (Å²) in [5, 5.41) is -0.466. The molecule has 0 amide bonds. The van der Waals surface area contributed by atoms with E-state index in [0.717, 1.165) is 32.1 Å². The maximum Gasteiger partial charge on any atom is 0.156 e. The Bertz CT molecular complexity index is 364. The molecule has 1 saturated carbocycles. The van der Waals surface area contributed by atoms with Gasteiger partial charge in [0, 0.05) is 0 Å². The quantitative estimate of drug-likeness (QED) is 0.817. The molecule has 0 aliphatic heterocycles. The van der Waals surface area contributed by atoms with Crippen LogP contribution in [0.3, 0.4) is 0 Å². The molecule has 4 atom stereocenters. The fraction of sp³-hybridized carbons (Fsp3) is 1.00. The minimum atomic E-state index is -3.05. The van der Waals surface area contributed by atoms with Crippen molar-refractivity contribution in [3.05, 3.63) is 0 Å². The topological polar surface area (TPSA) is 60.2 Å². The summed E-state index contributed by atoms with van der Waals surface area (Å²) in [7, 11) is -3.05. The van der Waals surface area contributed by atoms with E-state index in [9.17, 15) is 8.42 Å². The zero-order valence-electron chi connectivity index (χ0n) is 12.9. The molecule has 0 radical (unpaired) electrons. The predicted molar refractivity (Wildman–Crippen MR) is 81.8 cm³/mol. The fourth-order valence-corrected chi connectivity index (χ4v) is 5.91. The Balaban J connectivity index is 2.91. The zero-order chi connectivity index (χ0) is 14.6. The maximum atomic E-state index is 12.8. The summed E-state index contributed by atoms with van der Waals surface area (Å²) < 4.78 is 25.6.